The van der Waals surface area contributed by atoms with E-state index >= 15 is 0 Å². The Kier molecular flexibility index (Phi) is 3.56. The van der Waals surface area contributed by atoms with E-state index in [9.17, 15) is 9.90 Å². The number of methoxy groups -OCH3 is 1. The number of hydrogen-bond donors (Lipinski definition) is 1. The fourth-order valence-corrected chi connectivity index (χ4v) is 3.30. The first-order chi connectivity index (χ1) is 12.1. The first-order valence-electron chi connectivity index (χ1n) is 7.99. The third-order valence-electron chi connectivity index (χ3n) is 4.51. The van der Waals surface area contributed by atoms with E-state index < -0.39 is 5.97 Å². The Labute approximate surface area is 143 Å². The van der Waals surface area contributed by atoms with E-state index in [4.69, 9.17) is 9.26 Å². The summed E-state index contributed by atoms with van der Waals surface area (Å²) in [6, 6.07) is 7.80. The van der Waals surface area contributed by atoms with Crippen molar-refractivity contribution in [2.24, 2.45) is 0 Å². The zero-order valence-corrected chi connectivity index (χ0v) is 13.9. The van der Waals surface area contributed by atoms with Crippen molar-refractivity contribution in [2.45, 2.75) is 25.8 Å². The van der Waals surface area contributed by atoms with Gasteiger partial charge < -0.3 is 14.4 Å². The number of ether oxygens (including phenoxy) is 1. The van der Waals surface area contributed by atoms with Crippen molar-refractivity contribution < 1.29 is 19.2 Å². The van der Waals surface area contributed by atoms with Gasteiger partial charge in [-0.25, -0.2) is 4.79 Å². The Morgan fingerprint density at radius 2 is 2.16 bits per heavy atom. The van der Waals surface area contributed by atoms with Gasteiger partial charge in [0.05, 0.1) is 24.9 Å². The average molecular weight is 339 g/mol. The molecule has 7 heteroatoms. The molecule has 0 spiro atoms. The Bertz CT molecular complexity index is 940. The zero-order valence-electron chi connectivity index (χ0n) is 13.9. The Balaban J connectivity index is 1.68. The fraction of sp³-hybridized carbons (Fsp3) is 0.278. The molecule has 4 rings (SSSR count). The zero-order chi connectivity index (χ0) is 17.6. The van der Waals surface area contributed by atoms with E-state index in [0.29, 0.717) is 24.3 Å². The topological polar surface area (TPSA) is 90.4 Å². The molecule has 1 aromatic carbocycles. The van der Waals surface area contributed by atoms with Crippen LogP contribution in [0.25, 0.3) is 11.3 Å². The molecule has 1 atom stereocenters. The van der Waals surface area contributed by atoms with Crippen molar-refractivity contribution in [2.75, 3.05) is 7.11 Å². The van der Waals surface area contributed by atoms with Gasteiger partial charge in [-0.2, -0.15) is 5.10 Å². The summed E-state index contributed by atoms with van der Waals surface area (Å²) in [7, 11) is 1.64. The van der Waals surface area contributed by atoms with Gasteiger partial charge in [0.1, 0.15) is 5.75 Å². The van der Waals surface area contributed by atoms with E-state index in [1.54, 1.807) is 7.11 Å². The summed E-state index contributed by atoms with van der Waals surface area (Å²) in [5, 5.41) is 17.7. The van der Waals surface area contributed by atoms with Gasteiger partial charge in [-0.15, -0.1) is 0 Å². The lowest BCUT2D eigenvalue weighted by atomic mass is 9.86. The van der Waals surface area contributed by atoms with E-state index in [1.165, 1.54) is 0 Å². The van der Waals surface area contributed by atoms with Crippen molar-refractivity contribution in [3.05, 3.63) is 53.0 Å². The highest BCUT2D eigenvalue weighted by molar-refractivity contribution is 5.90. The number of aromatic carboxylic acids is 1. The Morgan fingerprint density at radius 1 is 1.40 bits per heavy atom. The van der Waals surface area contributed by atoms with Crippen molar-refractivity contribution in [3.8, 4) is 17.1 Å². The summed E-state index contributed by atoms with van der Waals surface area (Å²) < 4.78 is 12.4. The van der Waals surface area contributed by atoms with Crippen LogP contribution in [0.1, 0.15) is 40.2 Å². The van der Waals surface area contributed by atoms with Crippen LogP contribution in [0.4, 0.5) is 0 Å². The first-order valence-corrected chi connectivity index (χ1v) is 7.99. The lowest BCUT2D eigenvalue weighted by Crippen LogP contribution is -2.11. The molecule has 0 saturated heterocycles. The molecule has 2 heterocycles. The summed E-state index contributed by atoms with van der Waals surface area (Å²) in [5.74, 6) is 0.270. The molecule has 25 heavy (non-hydrogen) atoms. The first kappa shape index (κ1) is 15.4. The highest BCUT2D eigenvalue weighted by Crippen LogP contribution is 2.40. The van der Waals surface area contributed by atoms with Crippen molar-refractivity contribution in [1.29, 1.82) is 0 Å². The van der Waals surface area contributed by atoms with Crippen LogP contribution < -0.4 is 4.74 Å². The van der Waals surface area contributed by atoms with Gasteiger partial charge in [0, 0.05) is 11.8 Å². The van der Waals surface area contributed by atoms with Gasteiger partial charge in [-0.05, 0) is 30.0 Å². The summed E-state index contributed by atoms with van der Waals surface area (Å²) in [6.45, 7) is 2.58. The Hall–Kier alpha value is -3.09. The molecule has 0 fully saturated rings. The van der Waals surface area contributed by atoms with E-state index in [0.717, 1.165) is 22.6 Å². The molecule has 3 aromatic rings. The van der Waals surface area contributed by atoms with Crippen molar-refractivity contribution in [3.63, 3.8) is 0 Å². The smallest absolute Gasteiger partial charge is 0.358 e. The molecule has 0 bridgehead atoms. The second kappa shape index (κ2) is 5.77. The number of rotatable bonds is 4. The highest BCUT2D eigenvalue weighted by Gasteiger charge is 2.33. The molecule has 128 valence electrons. The second-order valence-electron chi connectivity index (χ2n) is 6.22. The average Bonchev–Trinajstić information content (AvgIpc) is 3.19. The predicted molar refractivity (Wildman–Crippen MR) is 88.9 cm³/mol. The third-order valence-corrected chi connectivity index (χ3v) is 4.51. The molecule has 2 aromatic heterocycles. The molecule has 0 saturated carbocycles. The number of nitrogens with zero attached hydrogens (tertiary/aromatic N) is 3. The molecule has 0 amide bonds. The number of benzene rings is 1. The molecule has 7 nitrogen and oxygen atoms in total. The molecule has 1 N–H and O–H groups in total. The number of aromatic nitrogens is 3. The van der Waals surface area contributed by atoms with Gasteiger partial charge in [-0.3, -0.25) is 4.68 Å². The predicted octanol–water partition coefficient (Wildman–Crippen LogP) is 2.95. The largest absolute Gasteiger partial charge is 0.497 e. The van der Waals surface area contributed by atoms with Gasteiger partial charge in [-0.1, -0.05) is 24.2 Å². The minimum absolute atomic E-state index is 0.00365. The summed E-state index contributed by atoms with van der Waals surface area (Å²) in [6.07, 6.45) is 2.56. The number of hydrogen-bond acceptors (Lipinski definition) is 5. The standard InChI is InChI=1S/C18H17N3O4/c1-10-7-14-13(17-15(10)16(18(22)23)20-25-17)9-21(19-14)8-11-3-5-12(24-2)6-4-11/h3-6,9-10H,7-8H2,1-2H3,(H,22,23). The van der Waals surface area contributed by atoms with Crippen LogP contribution in [-0.2, 0) is 13.0 Å². The summed E-state index contributed by atoms with van der Waals surface area (Å²) >= 11 is 0. The number of carbonyl (C=O) groups is 1. The minimum atomic E-state index is -1.06. The second-order valence-corrected chi connectivity index (χ2v) is 6.22. The lowest BCUT2D eigenvalue weighted by molar-refractivity contribution is 0.0684. The van der Waals surface area contributed by atoms with Crippen molar-refractivity contribution in [1.82, 2.24) is 14.9 Å². The molecule has 0 aliphatic heterocycles. The van der Waals surface area contributed by atoms with Crippen LogP contribution in [0.3, 0.4) is 0 Å². The maximum absolute atomic E-state index is 11.3. The van der Waals surface area contributed by atoms with Gasteiger partial charge in [0.2, 0.25) is 0 Å². The highest BCUT2D eigenvalue weighted by atomic mass is 16.5. The van der Waals surface area contributed by atoms with Gasteiger partial charge >= 0.3 is 5.97 Å². The van der Waals surface area contributed by atoms with E-state index in [2.05, 4.69) is 10.3 Å². The number of carboxylic acid groups (broad SMARTS) is 1. The van der Waals surface area contributed by atoms with Crippen LogP contribution >= 0.6 is 0 Å². The fourth-order valence-electron chi connectivity index (χ4n) is 3.30. The number of carboxylic acids is 1. The molecular weight excluding hydrogens is 322 g/mol. The van der Waals surface area contributed by atoms with Gasteiger partial charge in [0.15, 0.2) is 11.5 Å². The van der Waals surface area contributed by atoms with Crippen LogP contribution in [0, 0.1) is 0 Å². The normalized spacial score (nSPS) is 15.5. The van der Waals surface area contributed by atoms with Gasteiger partial charge in [0.25, 0.3) is 0 Å². The third kappa shape index (κ3) is 2.57. The quantitative estimate of drug-likeness (QED) is 0.786. The number of fused-ring (bicyclic) bond motifs is 3. The molecule has 0 radical (unpaired) electrons. The van der Waals surface area contributed by atoms with Crippen LogP contribution in [-0.4, -0.2) is 33.1 Å². The van der Waals surface area contributed by atoms with E-state index in [-0.39, 0.29) is 11.6 Å². The summed E-state index contributed by atoms with van der Waals surface area (Å²) in [4.78, 5) is 11.3. The molecule has 1 aliphatic rings. The Morgan fingerprint density at radius 3 is 2.84 bits per heavy atom. The van der Waals surface area contributed by atoms with Crippen molar-refractivity contribution >= 4 is 5.97 Å². The molecular formula is C18H17N3O4. The summed E-state index contributed by atoms with van der Waals surface area (Å²) in [5.41, 5.74) is 3.47. The van der Waals surface area contributed by atoms with E-state index in [1.807, 2.05) is 42.1 Å². The van der Waals surface area contributed by atoms with Crippen LogP contribution in [0.15, 0.2) is 35.0 Å². The SMILES string of the molecule is COc1ccc(Cn2cc3c(n2)CC(C)c2c(C(=O)O)noc2-3)cc1. The van der Waals surface area contributed by atoms with Crippen LogP contribution in [0.5, 0.6) is 5.75 Å². The maximum Gasteiger partial charge on any atom is 0.358 e. The molecule has 1 aliphatic carbocycles. The maximum atomic E-state index is 11.3. The minimum Gasteiger partial charge on any atom is -0.497 e. The van der Waals surface area contributed by atoms with Crippen LogP contribution in [0.2, 0.25) is 0 Å². The monoisotopic (exact) mass is 339 g/mol. The molecule has 1 unspecified atom stereocenters. The lowest BCUT2D eigenvalue weighted by Gasteiger charge is -2.15.